The number of aromatic nitrogens is 3. The molecule has 0 saturated carbocycles. The summed E-state index contributed by atoms with van der Waals surface area (Å²) in [6.07, 6.45) is 0.168. The predicted octanol–water partition coefficient (Wildman–Crippen LogP) is 0.0488. The fourth-order valence-electron chi connectivity index (χ4n) is 4.22. The molecule has 3 rings (SSSR count). The molecule has 3 aromatic rings. The van der Waals surface area contributed by atoms with Gasteiger partial charge >= 0.3 is 17.9 Å². The van der Waals surface area contributed by atoms with Gasteiger partial charge in [-0.1, -0.05) is 0 Å². The molecule has 2 amide bonds. The van der Waals surface area contributed by atoms with Crippen LogP contribution in [0.2, 0.25) is 0 Å². The Hall–Kier alpha value is -5.48. The fraction of sp³-hybridized carbons (Fsp3) is 0.346. The zero-order chi connectivity index (χ0) is 31.8. The molecule has 2 heterocycles. The summed E-state index contributed by atoms with van der Waals surface area (Å²) in [4.78, 5) is 81.7. The van der Waals surface area contributed by atoms with Crippen LogP contribution in [0.5, 0.6) is 0 Å². The second-order valence-electron chi connectivity index (χ2n) is 9.62. The minimum atomic E-state index is -1.61. The average Bonchev–Trinajstić information content (AvgIpc) is 3.34. The number of carbonyl (C=O) groups excluding carboxylic acids is 2. The van der Waals surface area contributed by atoms with Crippen LogP contribution < -0.4 is 26.8 Å². The maximum Gasteiger partial charge on any atom is 0.326 e. The molecule has 0 spiro atoms. The molecule has 0 aliphatic rings. The molecule has 0 saturated heterocycles. The molecule has 0 unspecified atom stereocenters. The van der Waals surface area contributed by atoms with Gasteiger partial charge in [0.2, 0.25) is 11.9 Å². The molecule has 230 valence electrons. The van der Waals surface area contributed by atoms with Gasteiger partial charge in [-0.05, 0) is 43.0 Å². The summed E-state index contributed by atoms with van der Waals surface area (Å²) in [6, 6.07) is 0.617. The zero-order valence-corrected chi connectivity index (χ0v) is 22.8. The van der Waals surface area contributed by atoms with Crippen molar-refractivity contribution < 1.29 is 43.7 Å². The van der Waals surface area contributed by atoms with Crippen LogP contribution >= 0.6 is 0 Å². The highest BCUT2D eigenvalue weighted by atomic mass is 19.1. The van der Waals surface area contributed by atoms with Crippen molar-refractivity contribution in [1.82, 2.24) is 25.6 Å². The number of carboxylic acid groups (broad SMARTS) is 3. The van der Waals surface area contributed by atoms with E-state index in [1.165, 1.54) is 12.1 Å². The van der Waals surface area contributed by atoms with Crippen LogP contribution in [0.15, 0.2) is 29.2 Å². The standard InChI is InChI=1S/C26H30FN7O9/c1-34(9-8-12-11-29-21-20(12)23(39)33-26(28)32-21)13-2-3-14(15(27)10-13)22(38)31-17(25(42)43)4-6-18(35)30-16(24(40)41)5-7-19(36)37/h2-3,10-11,16-17H,4-9H2,1H3,(H,30,35)(H,31,38)(H,36,37)(H,40,41)(H,42,43)(H4,28,29,32,33,39)/t16-,17-/m0/s1. The lowest BCUT2D eigenvalue weighted by molar-refractivity contribution is -0.143. The molecular formula is C26H30FN7O9. The molecule has 0 aliphatic carbocycles. The van der Waals surface area contributed by atoms with Crippen LogP contribution in [0.4, 0.5) is 16.0 Å². The van der Waals surface area contributed by atoms with Crippen LogP contribution in [0.1, 0.15) is 41.6 Å². The van der Waals surface area contributed by atoms with Gasteiger partial charge in [0.05, 0.1) is 10.9 Å². The number of H-pyrrole nitrogens is 2. The zero-order valence-electron chi connectivity index (χ0n) is 22.8. The Labute approximate surface area is 242 Å². The van der Waals surface area contributed by atoms with Gasteiger partial charge < -0.3 is 41.6 Å². The number of hydrogen-bond donors (Lipinski definition) is 8. The Morgan fingerprint density at radius 2 is 1.70 bits per heavy atom. The van der Waals surface area contributed by atoms with Gasteiger partial charge in [0.25, 0.3) is 11.5 Å². The summed E-state index contributed by atoms with van der Waals surface area (Å²) >= 11 is 0. The number of nitrogens with one attached hydrogen (secondary N) is 4. The highest BCUT2D eigenvalue weighted by molar-refractivity contribution is 5.97. The molecule has 2 aromatic heterocycles. The number of anilines is 2. The molecule has 9 N–H and O–H groups in total. The Morgan fingerprint density at radius 1 is 1.05 bits per heavy atom. The summed E-state index contributed by atoms with van der Waals surface area (Å²) in [6.45, 7) is 0.351. The molecule has 0 bridgehead atoms. The smallest absolute Gasteiger partial charge is 0.326 e. The number of hydrogen-bond acceptors (Lipinski definition) is 9. The van der Waals surface area contributed by atoms with Gasteiger partial charge in [-0.15, -0.1) is 0 Å². The number of carboxylic acids is 3. The van der Waals surface area contributed by atoms with Gasteiger partial charge in [0.15, 0.2) is 0 Å². The summed E-state index contributed by atoms with van der Waals surface area (Å²) in [5, 5.41) is 31.9. The number of halogens is 1. The van der Waals surface area contributed by atoms with E-state index in [2.05, 4.69) is 25.6 Å². The van der Waals surface area contributed by atoms with Crippen LogP contribution in [-0.2, 0) is 25.6 Å². The van der Waals surface area contributed by atoms with Gasteiger partial charge in [-0.3, -0.25) is 24.2 Å². The van der Waals surface area contributed by atoms with Gasteiger partial charge in [0, 0.05) is 38.3 Å². The topological polar surface area (TPSA) is 261 Å². The first kappa shape index (κ1) is 32.0. The molecule has 0 aliphatic heterocycles. The Bertz CT molecular complexity index is 1600. The maximum atomic E-state index is 14.9. The average molecular weight is 604 g/mol. The maximum absolute atomic E-state index is 14.9. The molecule has 1 aromatic carbocycles. The third-order valence-corrected chi connectivity index (χ3v) is 6.54. The second kappa shape index (κ2) is 13.9. The number of aromatic amines is 2. The lowest BCUT2D eigenvalue weighted by atomic mass is 10.1. The van der Waals surface area contributed by atoms with Crippen molar-refractivity contribution in [3.8, 4) is 0 Å². The van der Waals surface area contributed by atoms with Crippen LogP contribution in [0.3, 0.4) is 0 Å². The molecule has 16 nitrogen and oxygen atoms in total. The number of carbonyl (C=O) groups is 5. The van der Waals surface area contributed by atoms with Crippen molar-refractivity contribution >= 4 is 52.4 Å². The number of fused-ring (bicyclic) bond motifs is 1. The number of nitrogens with zero attached hydrogens (tertiary/aromatic N) is 2. The summed E-state index contributed by atoms with van der Waals surface area (Å²) in [5.74, 6) is -7.10. The third kappa shape index (κ3) is 8.51. The molecule has 43 heavy (non-hydrogen) atoms. The lowest BCUT2D eigenvalue weighted by Gasteiger charge is -2.20. The molecule has 17 heteroatoms. The normalized spacial score (nSPS) is 12.3. The predicted molar refractivity (Wildman–Crippen MR) is 149 cm³/mol. The molecular weight excluding hydrogens is 573 g/mol. The minimum Gasteiger partial charge on any atom is -0.481 e. The Balaban J connectivity index is 1.59. The van der Waals surface area contributed by atoms with E-state index in [4.69, 9.17) is 15.9 Å². The van der Waals surface area contributed by atoms with E-state index in [9.17, 15) is 38.3 Å². The number of amides is 2. The van der Waals surface area contributed by atoms with Crippen molar-refractivity contribution in [2.45, 2.75) is 44.2 Å². The fourth-order valence-corrected chi connectivity index (χ4v) is 4.22. The number of likely N-dealkylation sites (N-methyl/N-ethyl adjacent to an activating group) is 1. The van der Waals surface area contributed by atoms with Crippen molar-refractivity contribution in [1.29, 1.82) is 0 Å². The van der Waals surface area contributed by atoms with Gasteiger partial charge in [-0.25, -0.2) is 14.0 Å². The summed E-state index contributed by atoms with van der Waals surface area (Å²) in [5.41, 5.74) is 6.10. The Morgan fingerprint density at radius 3 is 2.33 bits per heavy atom. The summed E-state index contributed by atoms with van der Waals surface area (Å²) < 4.78 is 14.9. The van der Waals surface area contributed by atoms with E-state index >= 15 is 0 Å². The lowest BCUT2D eigenvalue weighted by Crippen LogP contribution is -2.44. The monoisotopic (exact) mass is 603 g/mol. The molecule has 2 atom stereocenters. The highest BCUT2D eigenvalue weighted by Gasteiger charge is 2.26. The third-order valence-electron chi connectivity index (χ3n) is 6.54. The summed E-state index contributed by atoms with van der Waals surface area (Å²) in [7, 11) is 1.67. The van der Waals surface area contributed by atoms with E-state index in [0.29, 0.717) is 35.2 Å². The highest BCUT2D eigenvalue weighted by Crippen LogP contribution is 2.20. The van der Waals surface area contributed by atoms with Crippen molar-refractivity contribution in [2.24, 2.45) is 0 Å². The number of rotatable bonds is 15. The van der Waals surface area contributed by atoms with E-state index in [1.54, 1.807) is 18.1 Å². The minimum absolute atomic E-state index is 0.0263. The number of benzene rings is 1. The second-order valence-corrected chi connectivity index (χ2v) is 9.62. The molecule has 0 fully saturated rings. The largest absolute Gasteiger partial charge is 0.481 e. The van der Waals surface area contributed by atoms with Gasteiger partial charge in [0.1, 0.15) is 23.5 Å². The van der Waals surface area contributed by atoms with E-state index in [-0.39, 0.29) is 12.4 Å². The first-order chi connectivity index (χ1) is 20.3. The molecule has 0 radical (unpaired) electrons. The number of aliphatic carboxylic acids is 3. The van der Waals surface area contributed by atoms with Crippen molar-refractivity contribution in [3.05, 3.63) is 51.7 Å². The van der Waals surface area contributed by atoms with E-state index < -0.39 is 78.0 Å². The van der Waals surface area contributed by atoms with Crippen LogP contribution in [0, 0.1) is 5.82 Å². The quantitative estimate of drug-likeness (QED) is 0.115. The van der Waals surface area contributed by atoms with Crippen LogP contribution in [0.25, 0.3) is 11.0 Å². The van der Waals surface area contributed by atoms with Gasteiger partial charge in [-0.2, -0.15) is 4.98 Å². The van der Waals surface area contributed by atoms with Crippen molar-refractivity contribution in [3.63, 3.8) is 0 Å². The van der Waals surface area contributed by atoms with Crippen LogP contribution in [-0.4, -0.2) is 85.7 Å². The van der Waals surface area contributed by atoms with E-state index in [1.807, 2.05) is 0 Å². The first-order valence-corrected chi connectivity index (χ1v) is 12.9. The number of nitrogens with two attached hydrogens (primary N) is 1. The number of nitrogen functional groups attached to an aromatic ring is 1. The van der Waals surface area contributed by atoms with Crippen molar-refractivity contribution in [2.75, 3.05) is 24.2 Å². The first-order valence-electron chi connectivity index (χ1n) is 12.9. The van der Waals surface area contributed by atoms with E-state index in [0.717, 1.165) is 6.07 Å². The SMILES string of the molecule is CN(CCc1c[nH]c2nc(N)[nH]c(=O)c12)c1ccc(C(=O)N[C@@H](CCC(=O)N[C@@H](CCC(=O)O)C(=O)O)C(=O)O)c(F)c1. The Kier molecular flexibility index (Phi) is 10.4.